The van der Waals surface area contributed by atoms with E-state index in [0.29, 0.717) is 12.0 Å². The number of alkyl halides is 3. The first-order valence-corrected chi connectivity index (χ1v) is 11.3. The number of anilines is 1. The molecule has 0 aliphatic carbocycles. The number of hydrogen-bond donors (Lipinski definition) is 2. The summed E-state index contributed by atoms with van der Waals surface area (Å²) in [6, 6.07) is 14.7. The molecule has 188 valence electrons. The van der Waals surface area contributed by atoms with Gasteiger partial charge in [0.05, 0.1) is 17.9 Å². The Morgan fingerprint density at radius 1 is 1.08 bits per heavy atom. The van der Waals surface area contributed by atoms with Gasteiger partial charge in [-0.25, -0.2) is 4.79 Å². The zero-order valence-electron chi connectivity index (χ0n) is 19.6. The van der Waals surface area contributed by atoms with Gasteiger partial charge in [-0.2, -0.15) is 13.2 Å². The summed E-state index contributed by atoms with van der Waals surface area (Å²) in [4.78, 5) is 39.6. The molecule has 7 nitrogen and oxygen atoms in total. The fourth-order valence-electron chi connectivity index (χ4n) is 4.16. The molecule has 3 aromatic carbocycles. The van der Waals surface area contributed by atoms with Crippen LogP contribution in [0.15, 0.2) is 60.7 Å². The molecule has 1 aliphatic heterocycles. The average Bonchev–Trinajstić information content (AvgIpc) is 3.05. The number of benzene rings is 3. The van der Waals surface area contributed by atoms with Gasteiger partial charge in [0.25, 0.3) is 5.91 Å². The first-order chi connectivity index (χ1) is 17.0. The van der Waals surface area contributed by atoms with E-state index < -0.39 is 41.7 Å². The van der Waals surface area contributed by atoms with Gasteiger partial charge in [-0.3, -0.25) is 14.5 Å². The lowest BCUT2D eigenvalue weighted by Gasteiger charge is -2.24. The molecule has 0 saturated carbocycles. The Morgan fingerprint density at radius 3 is 2.53 bits per heavy atom. The molecule has 1 aliphatic rings. The van der Waals surface area contributed by atoms with E-state index in [1.807, 2.05) is 37.3 Å². The number of halogens is 3. The lowest BCUT2D eigenvalue weighted by atomic mass is 9.88. The number of carbonyl (C=O) groups excluding carboxylic acids is 3. The molecule has 2 N–H and O–H groups in total. The van der Waals surface area contributed by atoms with Gasteiger partial charge in [0.1, 0.15) is 17.8 Å². The summed E-state index contributed by atoms with van der Waals surface area (Å²) in [6.45, 7) is 2.92. The molecule has 0 spiro atoms. The number of urea groups is 1. The highest BCUT2D eigenvalue weighted by Crippen LogP contribution is 2.36. The number of nitrogens with one attached hydrogen (secondary N) is 2. The van der Waals surface area contributed by atoms with Gasteiger partial charge in [-0.1, -0.05) is 49.4 Å². The Labute approximate surface area is 205 Å². The highest BCUT2D eigenvalue weighted by Gasteiger charge is 2.50. The molecule has 10 heteroatoms. The molecular formula is C26H24F3N3O4. The summed E-state index contributed by atoms with van der Waals surface area (Å²) in [5.41, 5.74) is -2.04. The van der Waals surface area contributed by atoms with E-state index in [0.717, 1.165) is 33.9 Å². The Hall–Kier alpha value is -4.08. The lowest BCUT2D eigenvalue weighted by Crippen LogP contribution is -2.42. The van der Waals surface area contributed by atoms with Crippen molar-refractivity contribution >= 4 is 34.3 Å². The molecule has 1 unspecified atom stereocenters. The van der Waals surface area contributed by atoms with E-state index in [2.05, 4.69) is 10.6 Å². The smallest absolute Gasteiger partial charge is 0.416 e. The number of imide groups is 1. The van der Waals surface area contributed by atoms with Crippen LogP contribution in [-0.4, -0.2) is 35.9 Å². The molecule has 1 fully saturated rings. The van der Waals surface area contributed by atoms with E-state index >= 15 is 0 Å². The third kappa shape index (κ3) is 4.71. The van der Waals surface area contributed by atoms with Crippen molar-refractivity contribution in [2.45, 2.75) is 32.0 Å². The van der Waals surface area contributed by atoms with Crippen molar-refractivity contribution in [2.75, 3.05) is 18.5 Å². The number of hydrogen-bond acceptors (Lipinski definition) is 4. The Morgan fingerprint density at radius 2 is 1.81 bits per heavy atom. The van der Waals surface area contributed by atoms with Crippen molar-refractivity contribution in [3.63, 3.8) is 0 Å². The van der Waals surface area contributed by atoms with Gasteiger partial charge in [-0.05, 0) is 47.9 Å². The predicted molar refractivity (Wildman–Crippen MR) is 127 cm³/mol. The molecule has 36 heavy (non-hydrogen) atoms. The molecule has 1 saturated heterocycles. The Kier molecular flexibility index (Phi) is 6.62. The topological polar surface area (TPSA) is 87.7 Å². The highest BCUT2D eigenvalue weighted by atomic mass is 19.4. The number of amides is 4. The normalized spacial score (nSPS) is 17.9. The van der Waals surface area contributed by atoms with E-state index in [1.54, 1.807) is 19.1 Å². The van der Waals surface area contributed by atoms with Gasteiger partial charge in [0, 0.05) is 0 Å². The SMILES string of the molecule is CCCOc1ccc(C(F)(F)F)cc1NC(=O)CN1C(=O)NC(C)(c2cccc3ccccc23)C1=O. The maximum Gasteiger partial charge on any atom is 0.416 e. The van der Waals surface area contributed by atoms with Crippen LogP contribution in [0.4, 0.5) is 23.7 Å². The largest absolute Gasteiger partial charge is 0.491 e. The standard InChI is InChI=1S/C26H24F3N3O4/c1-3-13-36-21-12-11-17(26(27,28)29)14-20(21)30-22(33)15-32-23(34)25(2,31-24(32)35)19-10-6-8-16-7-4-5-9-18(16)19/h4-12,14H,3,13,15H2,1-2H3,(H,30,33)(H,31,35). The van der Waals surface area contributed by atoms with Gasteiger partial charge in [0.15, 0.2) is 0 Å². The fourth-order valence-corrected chi connectivity index (χ4v) is 4.16. The molecular weight excluding hydrogens is 475 g/mol. The molecule has 3 aromatic rings. The Bertz CT molecular complexity index is 1340. The second-order valence-corrected chi connectivity index (χ2v) is 8.58. The minimum atomic E-state index is -4.63. The summed E-state index contributed by atoms with van der Waals surface area (Å²) in [5.74, 6) is -1.44. The van der Waals surface area contributed by atoms with E-state index in [4.69, 9.17) is 4.74 Å². The van der Waals surface area contributed by atoms with E-state index in [9.17, 15) is 27.6 Å². The van der Waals surface area contributed by atoms with Crippen molar-refractivity contribution in [1.82, 2.24) is 10.2 Å². The van der Waals surface area contributed by atoms with Crippen LogP contribution < -0.4 is 15.4 Å². The van der Waals surface area contributed by atoms with E-state index in [-0.39, 0.29) is 18.0 Å². The maximum atomic E-state index is 13.4. The average molecular weight is 499 g/mol. The van der Waals surface area contributed by atoms with Gasteiger partial charge < -0.3 is 15.4 Å². The summed E-state index contributed by atoms with van der Waals surface area (Å²) >= 11 is 0. The molecule has 0 bridgehead atoms. The van der Waals surface area contributed by atoms with Gasteiger partial charge >= 0.3 is 12.2 Å². The third-order valence-electron chi connectivity index (χ3n) is 5.95. The second kappa shape index (κ2) is 9.52. The van der Waals surface area contributed by atoms with Crippen LogP contribution in [0.25, 0.3) is 10.8 Å². The van der Waals surface area contributed by atoms with Crippen LogP contribution >= 0.6 is 0 Å². The van der Waals surface area contributed by atoms with Gasteiger partial charge in [-0.15, -0.1) is 0 Å². The molecule has 0 radical (unpaired) electrons. The zero-order chi connectivity index (χ0) is 26.1. The monoisotopic (exact) mass is 499 g/mol. The predicted octanol–water partition coefficient (Wildman–Crippen LogP) is 5.05. The molecule has 0 aromatic heterocycles. The molecule has 1 heterocycles. The van der Waals surface area contributed by atoms with Crippen molar-refractivity contribution in [2.24, 2.45) is 0 Å². The first-order valence-electron chi connectivity index (χ1n) is 11.3. The maximum absolute atomic E-state index is 13.4. The van der Waals surface area contributed by atoms with Crippen molar-refractivity contribution in [3.05, 3.63) is 71.8 Å². The van der Waals surface area contributed by atoms with Crippen molar-refractivity contribution in [3.8, 4) is 5.75 Å². The highest BCUT2D eigenvalue weighted by molar-refractivity contribution is 6.11. The number of rotatable bonds is 7. The van der Waals surface area contributed by atoms with E-state index in [1.165, 1.54) is 0 Å². The van der Waals surface area contributed by atoms with Crippen LogP contribution in [0.3, 0.4) is 0 Å². The number of carbonyl (C=O) groups is 3. The first kappa shape index (κ1) is 25.0. The van der Waals surface area contributed by atoms with Crippen molar-refractivity contribution < 1.29 is 32.3 Å². The van der Waals surface area contributed by atoms with Crippen LogP contribution in [0.1, 0.15) is 31.4 Å². The lowest BCUT2D eigenvalue weighted by molar-refractivity contribution is -0.137. The quantitative estimate of drug-likeness (QED) is 0.445. The summed E-state index contributed by atoms with van der Waals surface area (Å²) in [7, 11) is 0. The number of ether oxygens (including phenoxy) is 1. The van der Waals surface area contributed by atoms with Crippen LogP contribution in [-0.2, 0) is 21.3 Å². The zero-order valence-corrected chi connectivity index (χ0v) is 19.6. The minimum absolute atomic E-state index is 0.0518. The summed E-state index contributed by atoms with van der Waals surface area (Å²) in [5, 5.41) is 6.66. The molecule has 1 atom stereocenters. The second-order valence-electron chi connectivity index (χ2n) is 8.58. The van der Waals surface area contributed by atoms with Crippen LogP contribution in [0.5, 0.6) is 5.75 Å². The van der Waals surface area contributed by atoms with Crippen LogP contribution in [0, 0.1) is 0 Å². The molecule has 4 amide bonds. The minimum Gasteiger partial charge on any atom is -0.491 e. The molecule has 4 rings (SSSR count). The number of nitrogens with zero attached hydrogens (tertiary/aromatic N) is 1. The number of fused-ring (bicyclic) bond motifs is 1. The van der Waals surface area contributed by atoms with Crippen molar-refractivity contribution in [1.29, 1.82) is 0 Å². The van der Waals surface area contributed by atoms with Gasteiger partial charge in [0.2, 0.25) is 5.91 Å². The summed E-state index contributed by atoms with van der Waals surface area (Å²) < 4.78 is 45.1. The summed E-state index contributed by atoms with van der Waals surface area (Å²) in [6.07, 6.45) is -4.03. The Balaban J connectivity index is 1.57. The fraction of sp³-hybridized carbons (Fsp3) is 0.269. The third-order valence-corrected chi connectivity index (χ3v) is 5.95. The van der Waals surface area contributed by atoms with Crippen LogP contribution in [0.2, 0.25) is 0 Å².